The fourth-order valence-corrected chi connectivity index (χ4v) is 2.63. The highest BCUT2D eigenvalue weighted by molar-refractivity contribution is 5.79. The number of β-amino-alcohol motifs (C(OH)–C–C–N with tert-alkyl or cyclic N) is 1. The second kappa shape index (κ2) is 6.20. The molecule has 0 radical (unpaired) electrons. The van der Waals surface area contributed by atoms with Crippen LogP contribution in [0.5, 0.6) is 0 Å². The number of piperidine rings is 1. The van der Waals surface area contributed by atoms with E-state index in [1.807, 2.05) is 11.8 Å². The van der Waals surface area contributed by atoms with Gasteiger partial charge in [0.1, 0.15) is 0 Å². The minimum atomic E-state index is -0.343. The van der Waals surface area contributed by atoms with Crippen LogP contribution in [0.25, 0.3) is 0 Å². The van der Waals surface area contributed by atoms with Crippen molar-refractivity contribution in [3.8, 4) is 0 Å². The Labute approximate surface area is 115 Å². The van der Waals surface area contributed by atoms with E-state index in [0.717, 1.165) is 25.8 Å². The summed E-state index contributed by atoms with van der Waals surface area (Å²) in [6.45, 7) is 5.32. The van der Waals surface area contributed by atoms with Gasteiger partial charge in [-0.2, -0.15) is 0 Å². The highest BCUT2D eigenvalue weighted by Crippen LogP contribution is 2.16. The van der Waals surface area contributed by atoms with Crippen LogP contribution in [0.3, 0.4) is 0 Å². The van der Waals surface area contributed by atoms with Crippen molar-refractivity contribution in [1.29, 1.82) is 0 Å². The van der Waals surface area contributed by atoms with Crippen molar-refractivity contribution in [3.63, 3.8) is 0 Å². The Bertz CT molecular complexity index is 427. The first kappa shape index (κ1) is 14.1. The number of aliphatic hydroxyl groups excluding tert-OH is 1. The van der Waals surface area contributed by atoms with Crippen LogP contribution in [0.4, 0.5) is 0 Å². The number of likely N-dealkylation sites (tertiary alicyclic amines) is 1. The smallest absolute Gasteiger partial charge is 0.225 e. The molecule has 1 fully saturated rings. The largest absolute Gasteiger partial charge is 0.391 e. The van der Waals surface area contributed by atoms with Crippen molar-refractivity contribution in [2.45, 2.75) is 39.2 Å². The van der Waals surface area contributed by atoms with Crippen LogP contribution in [0, 0.1) is 12.8 Å². The van der Waals surface area contributed by atoms with E-state index in [0.29, 0.717) is 6.54 Å². The number of aliphatic hydroxyl groups is 1. The second-order valence-electron chi connectivity index (χ2n) is 5.67. The van der Waals surface area contributed by atoms with Gasteiger partial charge in [0.2, 0.25) is 5.91 Å². The standard InChI is InChI=1S/C16H23NO2/c1-12-5-7-14(8-6-12)10-13(2)16(19)17-9-3-4-15(18)11-17/h5-8,13,15,18H,3-4,9-11H2,1-2H3. The summed E-state index contributed by atoms with van der Waals surface area (Å²) in [5, 5.41) is 9.64. The third-order valence-corrected chi connectivity index (χ3v) is 3.79. The lowest BCUT2D eigenvalue weighted by Crippen LogP contribution is -2.44. The first-order valence-electron chi connectivity index (χ1n) is 7.08. The molecule has 1 aromatic carbocycles. The lowest BCUT2D eigenvalue weighted by Gasteiger charge is -2.32. The summed E-state index contributed by atoms with van der Waals surface area (Å²) in [5.74, 6) is 0.146. The average Bonchev–Trinajstić information content (AvgIpc) is 2.40. The summed E-state index contributed by atoms with van der Waals surface area (Å²) in [6, 6.07) is 8.34. The van der Waals surface area contributed by atoms with E-state index in [2.05, 4.69) is 31.2 Å². The highest BCUT2D eigenvalue weighted by atomic mass is 16.3. The van der Waals surface area contributed by atoms with E-state index >= 15 is 0 Å². The first-order chi connectivity index (χ1) is 9.06. The monoisotopic (exact) mass is 261 g/mol. The highest BCUT2D eigenvalue weighted by Gasteiger charge is 2.25. The zero-order valence-electron chi connectivity index (χ0n) is 11.8. The number of rotatable bonds is 3. The molecule has 1 aromatic rings. The molecule has 2 rings (SSSR count). The Balaban J connectivity index is 1.93. The van der Waals surface area contributed by atoms with Gasteiger partial charge in [-0.15, -0.1) is 0 Å². The zero-order valence-corrected chi connectivity index (χ0v) is 11.8. The second-order valence-corrected chi connectivity index (χ2v) is 5.67. The Kier molecular flexibility index (Phi) is 4.59. The summed E-state index contributed by atoms with van der Waals surface area (Å²) in [5.41, 5.74) is 2.44. The van der Waals surface area contributed by atoms with Crippen molar-refractivity contribution in [2.75, 3.05) is 13.1 Å². The lowest BCUT2D eigenvalue weighted by atomic mass is 9.97. The molecule has 1 aliphatic rings. The maximum Gasteiger partial charge on any atom is 0.225 e. The average molecular weight is 261 g/mol. The topological polar surface area (TPSA) is 40.5 Å². The van der Waals surface area contributed by atoms with Crippen LogP contribution < -0.4 is 0 Å². The van der Waals surface area contributed by atoms with Gasteiger partial charge in [-0.05, 0) is 31.7 Å². The van der Waals surface area contributed by atoms with Crippen LogP contribution in [0.1, 0.15) is 30.9 Å². The first-order valence-corrected chi connectivity index (χ1v) is 7.08. The molecule has 1 saturated heterocycles. The van der Waals surface area contributed by atoms with E-state index < -0.39 is 0 Å². The maximum atomic E-state index is 12.3. The van der Waals surface area contributed by atoms with Crippen molar-refractivity contribution in [1.82, 2.24) is 4.90 Å². The van der Waals surface area contributed by atoms with Gasteiger partial charge < -0.3 is 10.0 Å². The number of hydrogen-bond donors (Lipinski definition) is 1. The van der Waals surface area contributed by atoms with Crippen molar-refractivity contribution in [3.05, 3.63) is 35.4 Å². The molecule has 104 valence electrons. The van der Waals surface area contributed by atoms with E-state index in [-0.39, 0.29) is 17.9 Å². The van der Waals surface area contributed by atoms with Crippen LogP contribution >= 0.6 is 0 Å². The van der Waals surface area contributed by atoms with Crippen LogP contribution in [-0.2, 0) is 11.2 Å². The summed E-state index contributed by atoms with van der Waals surface area (Å²) in [7, 11) is 0. The van der Waals surface area contributed by atoms with Crippen LogP contribution in [0.2, 0.25) is 0 Å². The zero-order chi connectivity index (χ0) is 13.8. The van der Waals surface area contributed by atoms with Crippen molar-refractivity contribution >= 4 is 5.91 Å². The van der Waals surface area contributed by atoms with Gasteiger partial charge in [0, 0.05) is 19.0 Å². The summed E-state index contributed by atoms with van der Waals surface area (Å²) in [4.78, 5) is 14.1. The molecule has 1 N–H and O–H groups in total. The van der Waals surface area contributed by atoms with E-state index in [1.165, 1.54) is 11.1 Å². The summed E-state index contributed by atoms with van der Waals surface area (Å²) < 4.78 is 0. The van der Waals surface area contributed by atoms with E-state index in [1.54, 1.807) is 0 Å². The third-order valence-electron chi connectivity index (χ3n) is 3.79. The van der Waals surface area contributed by atoms with Gasteiger partial charge in [0.25, 0.3) is 0 Å². The van der Waals surface area contributed by atoms with Gasteiger partial charge in [0.15, 0.2) is 0 Å². The molecule has 0 spiro atoms. The number of carbonyl (C=O) groups is 1. The molecule has 2 unspecified atom stereocenters. The van der Waals surface area contributed by atoms with Gasteiger partial charge >= 0.3 is 0 Å². The quantitative estimate of drug-likeness (QED) is 0.905. The fraction of sp³-hybridized carbons (Fsp3) is 0.562. The molecule has 1 heterocycles. The Hall–Kier alpha value is -1.35. The molecule has 0 bridgehead atoms. The molecule has 2 atom stereocenters. The van der Waals surface area contributed by atoms with E-state index in [4.69, 9.17) is 0 Å². The summed E-state index contributed by atoms with van der Waals surface area (Å²) in [6.07, 6.45) is 2.15. The molecular formula is C16H23NO2. The Morgan fingerprint density at radius 1 is 1.42 bits per heavy atom. The maximum absolute atomic E-state index is 12.3. The molecule has 3 heteroatoms. The predicted octanol–water partition coefficient (Wildman–Crippen LogP) is 2.16. The number of hydrogen-bond acceptors (Lipinski definition) is 2. The predicted molar refractivity (Wildman–Crippen MR) is 75.9 cm³/mol. The summed E-state index contributed by atoms with van der Waals surface area (Å²) >= 11 is 0. The lowest BCUT2D eigenvalue weighted by molar-refractivity contribution is -0.138. The van der Waals surface area contributed by atoms with Gasteiger partial charge in [-0.25, -0.2) is 0 Å². The molecule has 0 aliphatic carbocycles. The molecule has 19 heavy (non-hydrogen) atoms. The molecule has 0 aromatic heterocycles. The Morgan fingerprint density at radius 2 is 2.11 bits per heavy atom. The van der Waals surface area contributed by atoms with E-state index in [9.17, 15) is 9.90 Å². The third kappa shape index (κ3) is 3.80. The molecular weight excluding hydrogens is 238 g/mol. The van der Waals surface area contributed by atoms with Crippen molar-refractivity contribution in [2.24, 2.45) is 5.92 Å². The molecule has 3 nitrogen and oxygen atoms in total. The Morgan fingerprint density at radius 3 is 2.74 bits per heavy atom. The molecule has 1 aliphatic heterocycles. The van der Waals surface area contributed by atoms with Crippen LogP contribution in [-0.4, -0.2) is 35.1 Å². The number of aryl methyl sites for hydroxylation is 1. The molecule has 1 amide bonds. The number of carbonyl (C=O) groups excluding carboxylic acids is 1. The fourth-order valence-electron chi connectivity index (χ4n) is 2.63. The minimum Gasteiger partial charge on any atom is -0.391 e. The van der Waals surface area contributed by atoms with Gasteiger partial charge in [-0.1, -0.05) is 36.8 Å². The minimum absolute atomic E-state index is 0.0204. The number of nitrogens with zero attached hydrogens (tertiary/aromatic N) is 1. The normalized spacial score (nSPS) is 21.2. The SMILES string of the molecule is Cc1ccc(CC(C)C(=O)N2CCCC(O)C2)cc1. The molecule has 0 saturated carbocycles. The van der Waals surface area contributed by atoms with Gasteiger partial charge in [0.05, 0.1) is 6.10 Å². The number of amides is 1. The van der Waals surface area contributed by atoms with Crippen molar-refractivity contribution < 1.29 is 9.90 Å². The number of benzene rings is 1. The van der Waals surface area contributed by atoms with Crippen LogP contribution in [0.15, 0.2) is 24.3 Å². The van der Waals surface area contributed by atoms with Gasteiger partial charge in [-0.3, -0.25) is 4.79 Å².